The van der Waals surface area contributed by atoms with Crippen LogP contribution in [0.15, 0.2) is 60.7 Å². The first-order valence-electron chi connectivity index (χ1n) is 9.76. The average Bonchev–Trinajstić information content (AvgIpc) is 2.73. The third-order valence-corrected chi connectivity index (χ3v) is 4.67. The van der Waals surface area contributed by atoms with Crippen molar-refractivity contribution in [1.29, 1.82) is 0 Å². The predicted molar refractivity (Wildman–Crippen MR) is 114 cm³/mol. The summed E-state index contributed by atoms with van der Waals surface area (Å²) in [7, 11) is 0. The molecule has 0 aliphatic heterocycles. The molecule has 0 aliphatic carbocycles. The number of hydrogen-bond acceptors (Lipinski definition) is 4. The number of amides is 1. The van der Waals surface area contributed by atoms with E-state index in [0.29, 0.717) is 30.0 Å². The Morgan fingerprint density at radius 1 is 0.966 bits per heavy atom. The Hall–Kier alpha value is -3.34. The van der Waals surface area contributed by atoms with Crippen molar-refractivity contribution in [1.82, 2.24) is 0 Å². The van der Waals surface area contributed by atoms with Crippen LogP contribution >= 0.6 is 0 Å². The second-order valence-electron chi connectivity index (χ2n) is 6.76. The lowest BCUT2D eigenvalue weighted by atomic mass is 10.1. The van der Waals surface area contributed by atoms with Gasteiger partial charge in [-0.25, -0.2) is 4.79 Å². The van der Waals surface area contributed by atoms with Gasteiger partial charge in [-0.15, -0.1) is 0 Å². The summed E-state index contributed by atoms with van der Waals surface area (Å²) in [5.41, 5.74) is 1.82. The first-order valence-corrected chi connectivity index (χ1v) is 9.76. The fourth-order valence-corrected chi connectivity index (χ4v) is 3.04. The molecule has 5 nitrogen and oxygen atoms in total. The highest BCUT2D eigenvalue weighted by atomic mass is 16.5. The molecule has 0 radical (unpaired) electrons. The van der Waals surface area contributed by atoms with Crippen molar-refractivity contribution in [2.75, 3.05) is 11.9 Å². The summed E-state index contributed by atoms with van der Waals surface area (Å²) < 4.78 is 11.0. The Labute approximate surface area is 170 Å². The number of rotatable bonds is 7. The van der Waals surface area contributed by atoms with Gasteiger partial charge in [0, 0.05) is 5.69 Å². The van der Waals surface area contributed by atoms with E-state index in [1.165, 1.54) is 0 Å². The minimum Gasteiger partial charge on any atom is -0.481 e. The normalized spacial score (nSPS) is 11.7. The van der Waals surface area contributed by atoms with Gasteiger partial charge in [0.05, 0.1) is 12.2 Å². The molecule has 0 bridgehead atoms. The lowest BCUT2D eigenvalue weighted by molar-refractivity contribution is -0.122. The van der Waals surface area contributed by atoms with E-state index in [4.69, 9.17) is 9.47 Å². The van der Waals surface area contributed by atoms with Gasteiger partial charge >= 0.3 is 5.97 Å². The first-order chi connectivity index (χ1) is 14.0. The number of fused-ring (bicyclic) bond motifs is 1. The second-order valence-corrected chi connectivity index (χ2v) is 6.76. The fourth-order valence-electron chi connectivity index (χ4n) is 3.04. The SMILES string of the molecule is CCOC(=O)c1ccc(C)c(NC(=O)[C@H](CC)Oc2ccc3ccccc3c2)c1. The molecule has 0 spiro atoms. The van der Waals surface area contributed by atoms with Crippen LogP contribution < -0.4 is 10.1 Å². The van der Waals surface area contributed by atoms with Crippen molar-refractivity contribution < 1.29 is 19.1 Å². The fraction of sp³-hybridized carbons (Fsp3) is 0.250. The highest BCUT2D eigenvalue weighted by molar-refractivity contribution is 5.97. The van der Waals surface area contributed by atoms with Crippen LogP contribution in [0.25, 0.3) is 10.8 Å². The molecule has 0 heterocycles. The molecule has 5 heteroatoms. The Morgan fingerprint density at radius 3 is 2.45 bits per heavy atom. The van der Waals surface area contributed by atoms with Crippen molar-refractivity contribution in [3.8, 4) is 5.75 Å². The third kappa shape index (κ3) is 4.93. The molecular formula is C24H25NO4. The molecule has 0 aromatic heterocycles. The Bertz CT molecular complexity index is 1030. The Kier molecular flexibility index (Phi) is 6.50. The standard InChI is InChI=1S/C24H25NO4/c1-4-22(29-20-13-12-17-8-6-7-9-18(17)14-20)23(26)25-21-15-19(11-10-16(21)3)24(27)28-5-2/h6-15,22H,4-5H2,1-3H3,(H,25,26)/t22-/m0/s1. The van der Waals surface area contributed by atoms with E-state index in [1.54, 1.807) is 25.1 Å². The van der Waals surface area contributed by atoms with E-state index in [2.05, 4.69) is 5.32 Å². The monoisotopic (exact) mass is 391 g/mol. The smallest absolute Gasteiger partial charge is 0.338 e. The molecule has 1 atom stereocenters. The number of carbonyl (C=O) groups excluding carboxylic acids is 2. The molecule has 3 rings (SSSR count). The van der Waals surface area contributed by atoms with Gasteiger partial charge in [-0.1, -0.05) is 43.3 Å². The summed E-state index contributed by atoms with van der Waals surface area (Å²) >= 11 is 0. The van der Waals surface area contributed by atoms with Crippen LogP contribution in [0.1, 0.15) is 36.2 Å². The summed E-state index contributed by atoms with van der Waals surface area (Å²) in [4.78, 5) is 24.8. The van der Waals surface area contributed by atoms with Gasteiger partial charge < -0.3 is 14.8 Å². The summed E-state index contributed by atoms with van der Waals surface area (Å²) in [5, 5.41) is 5.05. The van der Waals surface area contributed by atoms with E-state index in [0.717, 1.165) is 16.3 Å². The van der Waals surface area contributed by atoms with Crippen LogP contribution in [-0.4, -0.2) is 24.6 Å². The summed E-state index contributed by atoms with van der Waals surface area (Å²) in [6.45, 7) is 5.82. The van der Waals surface area contributed by atoms with Gasteiger partial charge in [0.2, 0.25) is 0 Å². The highest BCUT2D eigenvalue weighted by Gasteiger charge is 2.20. The van der Waals surface area contributed by atoms with Crippen LogP contribution in [0.2, 0.25) is 0 Å². The molecule has 3 aromatic rings. The minimum atomic E-state index is -0.651. The highest BCUT2D eigenvalue weighted by Crippen LogP contribution is 2.23. The second kappa shape index (κ2) is 9.24. The Balaban J connectivity index is 1.75. The lowest BCUT2D eigenvalue weighted by Gasteiger charge is -2.19. The molecule has 0 aliphatic rings. The number of nitrogens with one attached hydrogen (secondary N) is 1. The van der Waals surface area contributed by atoms with Gasteiger partial charge in [0.15, 0.2) is 6.10 Å². The maximum Gasteiger partial charge on any atom is 0.338 e. The van der Waals surface area contributed by atoms with Crippen LogP contribution in [0, 0.1) is 6.92 Å². The zero-order chi connectivity index (χ0) is 20.8. The van der Waals surface area contributed by atoms with Crippen molar-refractivity contribution in [2.24, 2.45) is 0 Å². The van der Waals surface area contributed by atoms with Gasteiger partial charge in [-0.2, -0.15) is 0 Å². The molecule has 0 saturated carbocycles. The van der Waals surface area contributed by atoms with Crippen molar-refractivity contribution in [3.63, 3.8) is 0 Å². The van der Waals surface area contributed by atoms with E-state index in [9.17, 15) is 9.59 Å². The molecule has 29 heavy (non-hydrogen) atoms. The van der Waals surface area contributed by atoms with Gasteiger partial charge in [-0.3, -0.25) is 4.79 Å². The summed E-state index contributed by atoms with van der Waals surface area (Å²) in [5.74, 6) is -0.0325. The van der Waals surface area contributed by atoms with Crippen molar-refractivity contribution in [3.05, 3.63) is 71.8 Å². The molecular weight excluding hydrogens is 366 g/mol. The number of hydrogen-bond donors (Lipinski definition) is 1. The third-order valence-electron chi connectivity index (χ3n) is 4.67. The molecule has 0 fully saturated rings. The number of ether oxygens (including phenoxy) is 2. The van der Waals surface area contributed by atoms with Gasteiger partial charge in [-0.05, 0) is 60.9 Å². The maximum atomic E-state index is 12.8. The lowest BCUT2D eigenvalue weighted by Crippen LogP contribution is -2.32. The van der Waals surface area contributed by atoms with Crippen LogP contribution in [-0.2, 0) is 9.53 Å². The minimum absolute atomic E-state index is 0.259. The maximum absolute atomic E-state index is 12.8. The van der Waals surface area contributed by atoms with E-state index < -0.39 is 12.1 Å². The number of carbonyl (C=O) groups is 2. The number of aryl methyl sites for hydroxylation is 1. The average molecular weight is 391 g/mol. The largest absolute Gasteiger partial charge is 0.481 e. The topological polar surface area (TPSA) is 64.6 Å². The summed E-state index contributed by atoms with van der Waals surface area (Å²) in [6, 6.07) is 18.9. The summed E-state index contributed by atoms with van der Waals surface area (Å²) in [6.07, 6.45) is -0.142. The molecule has 1 amide bonds. The van der Waals surface area contributed by atoms with Crippen molar-refractivity contribution in [2.45, 2.75) is 33.3 Å². The number of anilines is 1. The quantitative estimate of drug-likeness (QED) is 0.568. The molecule has 1 N–H and O–H groups in total. The number of benzene rings is 3. The molecule has 3 aromatic carbocycles. The Morgan fingerprint density at radius 2 is 1.72 bits per heavy atom. The first kappa shape index (κ1) is 20.4. The predicted octanol–water partition coefficient (Wildman–Crippen LogP) is 5.12. The van der Waals surface area contributed by atoms with E-state index in [1.807, 2.05) is 56.3 Å². The van der Waals surface area contributed by atoms with Gasteiger partial charge in [0.1, 0.15) is 5.75 Å². The molecule has 0 saturated heterocycles. The van der Waals surface area contributed by atoms with Crippen LogP contribution in [0.3, 0.4) is 0 Å². The van der Waals surface area contributed by atoms with Crippen LogP contribution in [0.5, 0.6) is 5.75 Å². The van der Waals surface area contributed by atoms with Crippen LogP contribution in [0.4, 0.5) is 5.69 Å². The van der Waals surface area contributed by atoms with E-state index >= 15 is 0 Å². The van der Waals surface area contributed by atoms with Gasteiger partial charge in [0.25, 0.3) is 5.91 Å². The van der Waals surface area contributed by atoms with Crippen molar-refractivity contribution >= 4 is 28.3 Å². The zero-order valence-electron chi connectivity index (χ0n) is 16.9. The zero-order valence-corrected chi connectivity index (χ0v) is 16.9. The molecule has 150 valence electrons. The number of esters is 1. The van der Waals surface area contributed by atoms with E-state index in [-0.39, 0.29) is 5.91 Å². The molecule has 0 unspecified atom stereocenters.